The monoisotopic (exact) mass is 309 g/mol. The summed E-state index contributed by atoms with van der Waals surface area (Å²) in [5, 5.41) is 10.9. The summed E-state index contributed by atoms with van der Waals surface area (Å²) >= 11 is 3.19. The van der Waals surface area contributed by atoms with E-state index in [1.54, 1.807) is 0 Å². The Labute approximate surface area is 107 Å². The molecular formula is C10H14BrF2N3O. The Hall–Kier alpha value is -0.820. The Morgan fingerprint density at radius 3 is 2.65 bits per heavy atom. The normalized spacial score (nSPS) is 11.9. The Kier molecular flexibility index (Phi) is 4.76. The molecule has 1 rings (SSSR count). The van der Waals surface area contributed by atoms with Gasteiger partial charge in [-0.3, -0.25) is 0 Å². The second-order valence-corrected chi connectivity index (χ2v) is 4.77. The molecular weight excluding hydrogens is 296 g/mol. The highest BCUT2D eigenvalue weighted by Gasteiger charge is 2.27. The van der Waals surface area contributed by atoms with Crippen LogP contribution in [-0.2, 0) is 0 Å². The van der Waals surface area contributed by atoms with Crippen LogP contribution < -0.4 is 5.32 Å². The summed E-state index contributed by atoms with van der Waals surface area (Å²) in [5.41, 5.74) is 0. The second kappa shape index (κ2) is 5.68. The molecule has 0 radical (unpaired) electrons. The first-order chi connectivity index (χ1) is 7.84. The van der Waals surface area contributed by atoms with Gasteiger partial charge in [-0.15, -0.1) is 0 Å². The average Bonchev–Trinajstić information content (AvgIpc) is 2.26. The van der Waals surface area contributed by atoms with Gasteiger partial charge < -0.3 is 10.4 Å². The molecule has 96 valence electrons. The standard InChI is InChI=1S/C10H14BrF2N3O/c1-6(2)9-15-7(11)3-8(16-9)14-4-10(12,13)5-17/h3,6,17H,4-5H2,1-2H3,(H,14,15,16). The fourth-order valence-electron chi connectivity index (χ4n) is 1.06. The average molecular weight is 310 g/mol. The van der Waals surface area contributed by atoms with Crippen molar-refractivity contribution in [2.45, 2.75) is 25.7 Å². The molecule has 0 saturated carbocycles. The van der Waals surface area contributed by atoms with Crippen molar-refractivity contribution in [1.29, 1.82) is 0 Å². The maximum atomic E-state index is 12.8. The molecule has 0 amide bonds. The number of nitrogens with one attached hydrogen (secondary N) is 1. The lowest BCUT2D eigenvalue weighted by atomic mass is 10.2. The van der Waals surface area contributed by atoms with Crippen LogP contribution in [0, 0.1) is 0 Å². The van der Waals surface area contributed by atoms with Crippen molar-refractivity contribution in [3.63, 3.8) is 0 Å². The van der Waals surface area contributed by atoms with Gasteiger partial charge in [0.15, 0.2) is 0 Å². The number of hydrogen-bond acceptors (Lipinski definition) is 4. The molecule has 1 heterocycles. The molecule has 17 heavy (non-hydrogen) atoms. The lowest BCUT2D eigenvalue weighted by molar-refractivity contribution is -0.0373. The van der Waals surface area contributed by atoms with Gasteiger partial charge in [0.1, 0.15) is 22.9 Å². The number of nitrogens with zero attached hydrogens (tertiary/aromatic N) is 2. The Morgan fingerprint density at radius 2 is 2.12 bits per heavy atom. The Bertz CT molecular complexity index is 388. The molecule has 0 aliphatic heterocycles. The minimum atomic E-state index is -3.16. The van der Waals surface area contributed by atoms with Gasteiger partial charge in [-0.2, -0.15) is 0 Å². The molecule has 4 nitrogen and oxygen atoms in total. The molecule has 0 aliphatic rings. The third-order valence-corrected chi connectivity index (χ3v) is 2.39. The van der Waals surface area contributed by atoms with Crippen LogP contribution in [-0.4, -0.2) is 34.1 Å². The third kappa shape index (κ3) is 4.51. The maximum absolute atomic E-state index is 12.8. The number of halogens is 3. The molecule has 1 aromatic heterocycles. The SMILES string of the molecule is CC(C)c1nc(Br)cc(NCC(F)(F)CO)n1. The largest absolute Gasteiger partial charge is 0.390 e. The quantitative estimate of drug-likeness (QED) is 0.820. The highest BCUT2D eigenvalue weighted by Crippen LogP contribution is 2.19. The second-order valence-electron chi connectivity index (χ2n) is 3.96. The Balaban J connectivity index is 2.78. The molecule has 2 N–H and O–H groups in total. The van der Waals surface area contributed by atoms with Crippen LogP contribution in [0.4, 0.5) is 14.6 Å². The number of anilines is 1. The highest BCUT2D eigenvalue weighted by molar-refractivity contribution is 9.10. The molecule has 0 fully saturated rings. The van der Waals surface area contributed by atoms with Crippen LogP contribution in [0.1, 0.15) is 25.6 Å². The van der Waals surface area contributed by atoms with E-state index in [0.717, 1.165) is 0 Å². The number of alkyl halides is 2. The van der Waals surface area contributed by atoms with Gasteiger partial charge in [-0.25, -0.2) is 18.7 Å². The van der Waals surface area contributed by atoms with Gasteiger partial charge in [0, 0.05) is 12.0 Å². The first-order valence-electron chi connectivity index (χ1n) is 5.11. The van der Waals surface area contributed by atoms with Crippen molar-refractivity contribution >= 4 is 21.7 Å². The van der Waals surface area contributed by atoms with E-state index in [4.69, 9.17) is 5.11 Å². The van der Waals surface area contributed by atoms with E-state index in [0.29, 0.717) is 16.2 Å². The zero-order valence-corrected chi connectivity index (χ0v) is 11.1. The lowest BCUT2D eigenvalue weighted by Crippen LogP contribution is -2.31. The molecule has 0 saturated heterocycles. The van der Waals surface area contributed by atoms with Gasteiger partial charge in [0.25, 0.3) is 5.92 Å². The summed E-state index contributed by atoms with van der Waals surface area (Å²) in [7, 11) is 0. The topological polar surface area (TPSA) is 58.0 Å². The summed E-state index contributed by atoms with van der Waals surface area (Å²) in [5.74, 6) is -2.18. The molecule has 1 aromatic rings. The fraction of sp³-hybridized carbons (Fsp3) is 0.600. The van der Waals surface area contributed by atoms with Crippen molar-refractivity contribution in [3.8, 4) is 0 Å². The van der Waals surface area contributed by atoms with E-state index in [1.807, 2.05) is 13.8 Å². The molecule has 0 unspecified atom stereocenters. The van der Waals surface area contributed by atoms with Crippen LogP contribution in [0.25, 0.3) is 0 Å². The molecule has 0 aliphatic carbocycles. The van der Waals surface area contributed by atoms with Crippen molar-refractivity contribution in [2.75, 3.05) is 18.5 Å². The van der Waals surface area contributed by atoms with Gasteiger partial charge in [0.2, 0.25) is 0 Å². The molecule has 0 bridgehead atoms. The maximum Gasteiger partial charge on any atom is 0.287 e. The zero-order valence-electron chi connectivity index (χ0n) is 9.54. The van der Waals surface area contributed by atoms with E-state index < -0.39 is 19.1 Å². The first-order valence-corrected chi connectivity index (χ1v) is 5.90. The van der Waals surface area contributed by atoms with Crippen LogP contribution in [0.2, 0.25) is 0 Å². The minimum absolute atomic E-state index is 0.103. The third-order valence-electron chi connectivity index (χ3n) is 1.99. The van der Waals surface area contributed by atoms with Crippen molar-refractivity contribution in [2.24, 2.45) is 0 Å². The van der Waals surface area contributed by atoms with E-state index in [-0.39, 0.29) is 5.92 Å². The van der Waals surface area contributed by atoms with Crippen LogP contribution in [0.5, 0.6) is 0 Å². The van der Waals surface area contributed by atoms with Gasteiger partial charge in [0.05, 0.1) is 6.54 Å². The lowest BCUT2D eigenvalue weighted by Gasteiger charge is -2.15. The van der Waals surface area contributed by atoms with E-state index in [2.05, 4.69) is 31.2 Å². The van der Waals surface area contributed by atoms with Gasteiger partial charge >= 0.3 is 0 Å². The number of aromatic nitrogens is 2. The zero-order chi connectivity index (χ0) is 13.1. The van der Waals surface area contributed by atoms with E-state index in [1.165, 1.54) is 6.07 Å². The first kappa shape index (κ1) is 14.2. The Morgan fingerprint density at radius 1 is 1.47 bits per heavy atom. The van der Waals surface area contributed by atoms with Crippen LogP contribution >= 0.6 is 15.9 Å². The smallest absolute Gasteiger partial charge is 0.287 e. The van der Waals surface area contributed by atoms with Gasteiger partial charge in [-0.1, -0.05) is 13.8 Å². The van der Waals surface area contributed by atoms with Crippen molar-refractivity contribution < 1.29 is 13.9 Å². The number of rotatable bonds is 5. The summed E-state index contributed by atoms with van der Waals surface area (Å²) in [6, 6.07) is 1.51. The summed E-state index contributed by atoms with van der Waals surface area (Å²) in [6.45, 7) is 1.97. The van der Waals surface area contributed by atoms with Crippen molar-refractivity contribution in [1.82, 2.24) is 9.97 Å². The van der Waals surface area contributed by atoms with E-state index in [9.17, 15) is 8.78 Å². The minimum Gasteiger partial charge on any atom is -0.390 e. The van der Waals surface area contributed by atoms with Crippen molar-refractivity contribution in [3.05, 3.63) is 16.5 Å². The number of aliphatic hydroxyl groups excluding tert-OH is 1. The number of hydrogen-bond donors (Lipinski definition) is 2. The molecule has 0 atom stereocenters. The van der Waals surface area contributed by atoms with Crippen LogP contribution in [0.3, 0.4) is 0 Å². The predicted molar refractivity (Wildman–Crippen MR) is 64.3 cm³/mol. The van der Waals surface area contributed by atoms with Gasteiger partial charge in [-0.05, 0) is 15.9 Å². The molecule has 7 heteroatoms. The summed E-state index contributed by atoms with van der Waals surface area (Å²) in [4.78, 5) is 8.23. The number of aliphatic hydroxyl groups is 1. The molecule has 0 aromatic carbocycles. The summed E-state index contributed by atoms with van der Waals surface area (Å²) < 4.78 is 26.2. The molecule has 0 spiro atoms. The van der Waals surface area contributed by atoms with E-state index >= 15 is 0 Å². The summed E-state index contributed by atoms with van der Waals surface area (Å²) in [6.07, 6.45) is 0. The van der Waals surface area contributed by atoms with Crippen LogP contribution in [0.15, 0.2) is 10.7 Å². The predicted octanol–water partition coefficient (Wildman–Crippen LogP) is 2.40. The highest BCUT2D eigenvalue weighted by atomic mass is 79.9. The fourth-order valence-corrected chi connectivity index (χ4v) is 1.46.